The zero-order valence-electron chi connectivity index (χ0n) is 11.5. The van der Waals surface area contributed by atoms with Gasteiger partial charge in [-0.2, -0.15) is 0 Å². The molecule has 1 saturated heterocycles. The highest BCUT2D eigenvalue weighted by Gasteiger charge is 2.17. The van der Waals surface area contributed by atoms with Gasteiger partial charge in [-0.1, -0.05) is 12.1 Å². The number of aromatic carboxylic acids is 1. The van der Waals surface area contributed by atoms with E-state index in [1.807, 2.05) is 0 Å². The number of hydrogen-bond acceptors (Lipinski definition) is 3. The minimum atomic E-state index is -0.979. The second kappa shape index (κ2) is 6.74. The fourth-order valence-corrected chi connectivity index (χ4v) is 2.02. The molecule has 0 bridgehead atoms. The normalized spacial score (nSPS) is 15.0. The SMILES string of the molecule is O=C1CCN(C(=O)NCc2ccc(C(=O)O)cc2)CCN1. The van der Waals surface area contributed by atoms with Gasteiger partial charge in [0.1, 0.15) is 0 Å². The van der Waals surface area contributed by atoms with Gasteiger partial charge in [-0.05, 0) is 17.7 Å². The summed E-state index contributed by atoms with van der Waals surface area (Å²) in [5.41, 5.74) is 1.03. The van der Waals surface area contributed by atoms with Gasteiger partial charge in [0.15, 0.2) is 0 Å². The molecule has 2 rings (SSSR count). The zero-order valence-corrected chi connectivity index (χ0v) is 11.5. The van der Waals surface area contributed by atoms with E-state index in [1.54, 1.807) is 17.0 Å². The summed E-state index contributed by atoms with van der Waals surface area (Å²) in [5.74, 6) is -1.03. The lowest BCUT2D eigenvalue weighted by molar-refractivity contribution is -0.120. The van der Waals surface area contributed by atoms with Crippen molar-refractivity contribution >= 4 is 17.9 Å². The molecule has 0 aromatic heterocycles. The quantitative estimate of drug-likeness (QED) is 0.751. The molecular formula is C14H17N3O4. The smallest absolute Gasteiger partial charge is 0.335 e. The number of nitrogens with zero attached hydrogens (tertiary/aromatic N) is 1. The van der Waals surface area contributed by atoms with Gasteiger partial charge >= 0.3 is 12.0 Å². The number of rotatable bonds is 3. The predicted molar refractivity (Wildman–Crippen MR) is 74.8 cm³/mol. The van der Waals surface area contributed by atoms with Crippen LogP contribution in [0.5, 0.6) is 0 Å². The van der Waals surface area contributed by atoms with Crippen LogP contribution in [0.2, 0.25) is 0 Å². The van der Waals surface area contributed by atoms with Crippen molar-refractivity contribution in [1.82, 2.24) is 15.5 Å². The number of carboxylic acid groups (broad SMARTS) is 1. The fourth-order valence-electron chi connectivity index (χ4n) is 2.02. The first-order chi connectivity index (χ1) is 10.1. The molecule has 21 heavy (non-hydrogen) atoms. The van der Waals surface area contributed by atoms with Crippen LogP contribution in [-0.4, -0.2) is 47.5 Å². The first-order valence-corrected chi connectivity index (χ1v) is 6.68. The van der Waals surface area contributed by atoms with E-state index in [2.05, 4.69) is 10.6 Å². The minimum absolute atomic E-state index is 0.0467. The highest BCUT2D eigenvalue weighted by molar-refractivity contribution is 5.87. The van der Waals surface area contributed by atoms with Gasteiger partial charge in [0.2, 0.25) is 5.91 Å². The van der Waals surface area contributed by atoms with Gasteiger partial charge in [-0.15, -0.1) is 0 Å². The first kappa shape index (κ1) is 14.8. The Morgan fingerprint density at radius 2 is 1.95 bits per heavy atom. The molecule has 0 radical (unpaired) electrons. The number of carboxylic acids is 1. The third-order valence-corrected chi connectivity index (χ3v) is 3.24. The Bertz CT molecular complexity index is 542. The largest absolute Gasteiger partial charge is 0.478 e. The maximum Gasteiger partial charge on any atom is 0.335 e. The molecule has 1 aliphatic rings. The minimum Gasteiger partial charge on any atom is -0.478 e. The van der Waals surface area contributed by atoms with Gasteiger partial charge < -0.3 is 20.6 Å². The van der Waals surface area contributed by atoms with Gasteiger partial charge in [-0.25, -0.2) is 9.59 Å². The van der Waals surface area contributed by atoms with Gasteiger partial charge in [-0.3, -0.25) is 4.79 Å². The van der Waals surface area contributed by atoms with Crippen molar-refractivity contribution in [1.29, 1.82) is 0 Å². The summed E-state index contributed by atoms with van der Waals surface area (Å²) >= 11 is 0. The average molecular weight is 291 g/mol. The molecule has 0 spiro atoms. The topological polar surface area (TPSA) is 98.7 Å². The van der Waals surface area contributed by atoms with Crippen LogP contribution >= 0.6 is 0 Å². The van der Waals surface area contributed by atoms with Crippen LogP contribution in [0.3, 0.4) is 0 Å². The van der Waals surface area contributed by atoms with Crippen LogP contribution in [0.15, 0.2) is 24.3 Å². The molecule has 0 unspecified atom stereocenters. The van der Waals surface area contributed by atoms with Crippen molar-refractivity contribution in [2.75, 3.05) is 19.6 Å². The third kappa shape index (κ3) is 4.20. The van der Waals surface area contributed by atoms with Crippen molar-refractivity contribution in [3.63, 3.8) is 0 Å². The molecule has 1 fully saturated rings. The van der Waals surface area contributed by atoms with Crippen molar-refractivity contribution < 1.29 is 19.5 Å². The molecule has 3 amide bonds. The first-order valence-electron chi connectivity index (χ1n) is 6.68. The molecule has 3 N–H and O–H groups in total. The summed E-state index contributed by atoms with van der Waals surface area (Å²) < 4.78 is 0. The number of nitrogens with one attached hydrogen (secondary N) is 2. The van der Waals surface area contributed by atoms with Crippen LogP contribution < -0.4 is 10.6 Å². The lowest BCUT2D eigenvalue weighted by atomic mass is 10.1. The van der Waals surface area contributed by atoms with E-state index in [4.69, 9.17) is 5.11 Å². The highest BCUT2D eigenvalue weighted by Crippen LogP contribution is 2.05. The number of hydrogen-bond donors (Lipinski definition) is 3. The van der Waals surface area contributed by atoms with Crippen LogP contribution in [0.25, 0.3) is 0 Å². The number of carbonyl (C=O) groups is 3. The van der Waals surface area contributed by atoms with Crippen LogP contribution in [0, 0.1) is 0 Å². The monoisotopic (exact) mass is 291 g/mol. The van der Waals surface area contributed by atoms with Crippen molar-refractivity contribution in [2.24, 2.45) is 0 Å². The summed E-state index contributed by atoms with van der Waals surface area (Å²) in [6.45, 7) is 1.65. The number of carbonyl (C=O) groups excluding carboxylic acids is 2. The van der Waals surface area contributed by atoms with E-state index >= 15 is 0 Å². The summed E-state index contributed by atoms with van der Waals surface area (Å²) in [6.07, 6.45) is 0.306. The standard InChI is InChI=1S/C14H17N3O4/c18-12-5-7-17(8-6-15-12)14(21)16-9-10-1-3-11(4-2-10)13(19)20/h1-4H,5-9H2,(H,15,18)(H,16,21)(H,19,20). The Balaban J connectivity index is 1.85. The molecule has 7 nitrogen and oxygen atoms in total. The second-order valence-electron chi connectivity index (χ2n) is 4.75. The van der Waals surface area contributed by atoms with Crippen LogP contribution in [0.1, 0.15) is 22.3 Å². The highest BCUT2D eigenvalue weighted by atomic mass is 16.4. The van der Waals surface area contributed by atoms with Crippen molar-refractivity contribution in [3.8, 4) is 0 Å². The molecule has 1 aromatic rings. The van der Waals surface area contributed by atoms with Gasteiger partial charge in [0.05, 0.1) is 5.56 Å². The second-order valence-corrected chi connectivity index (χ2v) is 4.75. The molecule has 0 atom stereocenters. The van der Waals surface area contributed by atoms with E-state index in [-0.39, 0.29) is 17.5 Å². The zero-order chi connectivity index (χ0) is 15.2. The van der Waals surface area contributed by atoms with E-state index in [9.17, 15) is 14.4 Å². The maximum absolute atomic E-state index is 12.0. The van der Waals surface area contributed by atoms with E-state index < -0.39 is 5.97 Å². The lowest BCUT2D eigenvalue weighted by Crippen LogP contribution is -2.41. The average Bonchev–Trinajstić information content (AvgIpc) is 2.70. The van der Waals surface area contributed by atoms with E-state index in [0.717, 1.165) is 5.56 Å². The Hall–Kier alpha value is -2.57. The van der Waals surface area contributed by atoms with Crippen LogP contribution in [0.4, 0.5) is 4.79 Å². The Kier molecular flexibility index (Phi) is 4.76. The molecule has 7 heteroatoms. The summed E-state index contributed by atoms with van der Waals surface area (Å²) in [6, 6.07) is 6.10. The van der Waals surface area contributed by atoms with Crippen LogP contribution in [-0.2, 0) is 11.3 Å². The Morgan fingerprint density at radius 1 is 1.24 bits per heavy atom. The number of amides is 3. The summed E-state index contributed by atoms with van der Waals surface area (Å²) in [5, 5.41) is 14.3. The lowest BCUT2D eigenvalue weighted by Gasteiger charge is -2.20. The molecule has 1 aromatic carbocycles. The van der Waals surface area contributed by atoms with Gasteiger partial charge in [0, 0.05) is 32.6 Å². The molecule has 1 aliphatic heterocycles. The molecule has 0 aliphatic carbocycles. The van der Waals surface area contributed by atoms with E-state index in [1.165, 1.54) is 12.1 Å². The Labute approximate surface area is 121 Å². The number of benzene rings is 1. The van der Waals surface area contributed by atoms with Gasteiger partial charge in [0.25, 0.3) is 0 Å². The summed E-state index contributed by atoms with van der Waals surface area (Å²) in [7, 11) is 0. The summed E-state index contributed by atoms with van der Waals surface area (Å²) in [4.78, 5) is 35.5. The maximum atomic E-state index is 12.0. The molecule has 112 valence electrons. The fraction of sp³-hybridized carbons (Fsp3) is 0.357. The Morgan fingerprint density at radius 3 is 2.62 bits per heavy atom. The van der Waals surface area contributed by atoms with Crippen molar-refractivity contribution in [3.05, 3.63) is 35.4 Å². The molecular weight excluding hydrogens is 274 g/mol. The molecule has 1 heterocycles. The van der Waals surface area contributed by atoms with E-state index in [0.29, 0.717) is 32.6 Å². The predicted octanol–water partition coefficient (Wildman–Crippen LogP) is 0.416. The number of urea groups is 1. The third-order valence-electron chi connectivity index (χ3n) is 3.24. The van der Waals surface area contributed by atoms with Crippen molar-refractivity contribution in [2.45, 2.75) is 13.0 Å². The molecule has 0 saturated carbocycles.